The van der Waals surface area contributed by atoms with E-state index in [4.69, 9.17) is 5.84 Å². The first kappa shape index (κ1) is 13.0. The Labute approximate surface area is 105 Å². The molecule has 2 aromatic rings. The van der Waals surface area contributed by atoms with Gasteiger partial charge >= 0.3 is 6.18 Å². The fourth-order valence-electron chi connectivity index (χ4n) is 1.66. The summed E-state index contributed by atoms with van der Waals surface area (Å²) in [5, 5.41) is 0.686. The lowest BCUT2D eigenvalue weighted by atomic mass is 10.2. The zero-order valence-electron chi connectivity index (χ0n) is 9.72. The van der Waals surface area contributed by atoms with Gasteiger partial charge < -0.3 is 5.43 Å². The Morgan fingerprint density at radius 3 is 2.50 bits per heavy atom. The van der Waals surface area contributed by atoms with Gasteiger partial charge in [-0.15, -0.1) is 11.3 Å². The second-order valence-electron chi connectivity index (χ2n) is 3.89. The van der Waals surface area contributed by atoms with Gasteiger partial charge in [0.05, 0.1) is 5.39 Å². The molecule has 8 heteroatoms. The van der Waals surface area contributed by atoms with E-state index in [1.807, 2.05) is 13.8 Å². The molecular weight excluding hydrogens is 265 g/mol. The maximum Gasteiger partial charge on any atom is 0.396 e. The van der Waals surface area contributed by atoms with Gasteiger partial charge in [0.25, 0.3) is 0 Å². The lowest BCUT2D eigenvalue weighted by molar-refractivity contribution is -0.128. The van der Waals surface area contributed by atoms with E-state index in [0.29, 0.717) is 10.2 Å². The van der Waals surface area contributed by atoms with Crippen molar-refractivity contribution >= 4 is 27.4 Å². The van der Waals surface area contributed by atoms with Gasteiger partial charge in [-0.2, -0.15) is 13.2 Å². The Balaban J connectivity index is 2.60. The van der Waals surface area contributed by atoms with Crippen molar-refractivity contribution in [1.29, 1.82) is 0 Å². The molecule has 4 nitrogen and oxygen atoms in total. The topological polar surface area (TPSA) is 63.8 Å². The number of fused-ring (bicyclic) bond motifs is 1. The van der Waals surface area contributed by atoms with E-state index in [-0.39, 0.29) is 11.6 Å². The van der Waals surface area contributed by atoms with E-state index in [0.717, 1.165) is 10.4 Å². The number of hydrogen-bond donors (Lipinski definition) is 2. The summed E-state index contributed by atoms with van der Waals surface area (Å²) in [5.74, 6) is 5.27. The number of nitrogen functional groups attached to an aromatic ring is 1. The van der Waals surface area contributed by atoms with Crippen LogP contribution in [0.1, 0.15) is 16.3 Å². The van der Waals surface area contributed by atoms with Crippen LogP contribution in [0.15, 0.2) is 0 Å². The number of anilines is 1. The number of hydrazine groups is 1. The molecule has 2 heterocycles. The van der Waals surface area contributed by atoms with Crippen LogP contribution >= 0.6 is 11.3 Å². The third kappa shape index (κ3) is 2.39. The largest absolute Gasteiger partial charge is 0.396 e. The smallest absolute Gasteiger partial charge is 0.308 e. The molecule has 0 saturated heterocycles. The minimum Gasteiger partial charge on any atom is -0.308 e. The minimum absolute atomic E-state index is 0.237. The molecule has 18 heavy (non-hydrogen) atoms. The van der Waals surface area contributed by atoms with Crippen LogP contribution in [0.25, 0.3) is 10.2 Å². The Kier molecular flexibility index (Phi) is 3.16. The fraction of sp³-hybridized carbons (Fsp3) is 0.400. The third-order valence-electron chi connectivity index (χ3n) is 2.57. The van der Waals surface area contributed by atoms with Crippen molar-refractivity contribution in [3.63, 3.8) is 0 Å². The number of alkyl halides is 3. The summed E-state index contributed by atoms with van der Waals surface area (Å²) in [5.41, 5.74) is 3.27. The Hall–Kier alpha value is -1.41. The van der Waals surface area contributed by atoms with Crippen LogP contribution in [0.5, 0.6) is 0 Å². The molecule has 0 radical (unpaired) electrons. The van der Waals surface area contributed by atoms with Crippen LogP contribution in [-0.4, -0.2) is 16.1 Å². The number of hydrogen-bond acceptors (Lipinski definition) is 5. The zero-order chi connectivity index (χ0) is 13.5. The third-order valence-corrected chi connectivity index (χ3v) is 3.67. The van der Waals surface area contributed by atoms with Crippen LogP contribution < -0.4 is 11.3 Å². The van der Waals surface area contributed by atoms with E-state index in [1.54, 1.807) is 0 Å². The number of nitrogens with two attached hydrogens (primary N) is 1. The summed E-state index contributed by atoms with van der Waals surface area (Å²) in [7, 11) is 0. The second kappa shape index (κ2) is 4.36. The van der Waals surface area contributed by atoms with Gasteiger partial charge in [-0.1, -0.05) is 0 Å². The molecule has 0 fully saturated rings. The number of rotatable bonds is 2. The van der Waals surface area contributed by atoms with E-state index < -0.39 is 12.6 Å². The predicted molar refractivity (Wildman–Crippen MR) is 64.5 cm³/mol. The van der Waals surface area contributed by atoms with Gasteiger partial charge in [0.1, 0.15) is 17.1 Å². The monoisotopic (exact) mass is 276 g/mol. The molecule has 3 N–H and O–H groups in total. The molecule has 0 unspecified atom stereocenters. The molecule has 0 aliphatic rings. The standard InChI is InChI=1S/C10H11F3N4S/c1-4-5(2)18-9-7(4)8(17-14)15-6(16-9)3-10(11,12)13/h3,14H2,1-2H3,(H,15,16,17). The molecule has 2 rings (SSSR count). The molecule has 0 aromatic carbocycles. The number of halogens is 3. The summed E-state index contributed by atoms with van der Waals surface area (Å²) in [6.07, 6.45) is -5.49. The molecule has 2 aromatic heterocycles. The van der Waals surface area contributed by atoms with Gasteiger partial charge in [0.2, 0.25) is 0 Å². The Morgan fingerprint density at radius 2 is 1.94 bits per heavy atom. The highest BCUT2D eigenvalue weighted by Crippen LogP contribution is 2.33. The highest BCUT2D eigenvalue weighted by molar-refractivity contribution is 7.18. The number of thiophene rings is 1. The summed E-state index contributed by atoms with van der Waals surface area (Å²) >= 11 is 1.33. The fourth-order valence-corrected chi connectivity index (χ4v) is 2.70. The number of nitrogens with zero attached hydrogens (tertiary/aromatic N) is 2. The first-order chi connectivity index (χ1) is 8.31. The zero-order valence-corrected chi connectivity index (χ0v) is 10.5. The number of nitrogens with one attached hydrogen (secondary N) is 1. The quantitative estimate of drug-likeness (QED) is 0.654. The molecule has 0 aliphatic carbocycles. The van der Waals surface area contributed by atoms with E-state index >= 15 is 0 Å². The van der Waals surface area contributed by atoms with Crippen LogP contribution in [0, 0.1) is 13.8 Å². The van der Waals surface area contributed by atoms with Gasteiger partial charge in [0, 0.05) is 4.88 Å². The van der Waals surface area contributed by atoms with Crippen LogP contribution in [0.2, 0.25) is 0 Å². The average Bonchev–Trinajstić information content (AvgIpc) is 2.51. The lowest BCUT2D eigenvalue weighted by Crippen LogP contribution is -2.16. The van der Waals surface area contributed by atoms with Crippen molar-refractivity contribution in [2.24, 2.45) is 5.84 Å². The van der Waals surface area contributed by atoms with E-state index in [9.17, 15) is 13.2 Å². The summed E-state index contributed by atoms with van der Waals surface area (Å²) in [6, 6.07) is 0. The molecule has 0 amide bonds. The molecule has 0 saturated carbocycles. The predicted octanol–water partition coefficient (Wildman–Crippen LogP) is 2.70. The maximum absolute atomic E-state index is 12.3. The number of aryl methyl sites for hydroxylation is 2. The Bertz CT molecular complexity index is 591. The normalized spacial score (nSPS) is 12.1. The van der Waals surface area contributed by atoms with Crippen molar-refractivity contribution in [2.45, 2.75) is 26.4 Å². The molecule has 0 spiro atoms. The van der Waals surface area contributed by atoms with Gasteiger partial charge in [-0.25, -0.2) is 15.8 Å². The summed E-state index contributed by atoms with van der Waals surface area (Å²) in [4.78, 5) is 9.27. The highest BCUT2D eigenvalue weighted by Gasteiger charge is 2.30. The first-order valence-electron chi connectivity index (χ1n) is 5.12. The van der Waals surface area contributed by atoms with Crippen molar-refractivity contribution < 1.29 is 13.2 Å². The summed E-state index contributed by atoms with van der Waals surface area (Å²) in [6.45, 7) is 3.74. The van der Waals surface area contributed by atoms with Crippen LogP contribution in [-0.2, 0) is 6.42 Å². The van der Waals surface area contributed by atoms with E-state index in [1.165, 1.54) is 11.3 Å². The molecule has 0 aliphatic heterocycles. The van der Waals surface area contributed by atoms with Gasteiger partial charge in [0.15, 0.2) is 5.82 Å². The summed E-state index contributed by atoms with van der Waals surface area (Å²) < 4.78 is 37.0. The molecule has 0 bridgehead atoms. The first-order valence-corrected chi connectivity index (χ1v) is 5.93. The molecule has 0 atom stereocenters. The van der Waals surface area contributed by atoms with E-state index in [2.05, 4.69) is 15.4 Å². The Morgan fingerprint density at radius 1 is 1.28 bits per heavy atom. The number of aromatic nitrogens is 2. The lowest BCUT2D eigenvalue weighted by Gasteiger charge is -2.08. The van der Waals surface area contributed by atoms with Crippen molar-refractivity contribution in [3.8, 4) is 0 Å². The van der Waals surface area contributed by atoms with Crippen molar-refractivity contribution in [3.05, 3.63) is 16.3 Å². The molecular formula is C10H11F3N4S. The van der Waals surface area contributed by atoms with Crippen molar-refractivity contribution in [1.82, 2.24) is 9.97 Å². The van der Waals surface area contributed by atoms with Gasteiger partial charge in [-0.3, -0.25) is 0 Å². The maximum atomic E-state index is 12.3. The van der Waals surface area contributed by atoms with Crippen molar-refractivity contribution in [2.75, 3.05) is 5.43 Å². The molecule has 98 valence electrons. The van der Waals surface area contributed by atoms with Crippen LogP contribution in [0.3, 0.4) is 0 Å². The minimum atomic E-state index is -4.33. The highest BCUT2D eigenvalue weighted by atomic mass is 32.1. The second-order valence-corrected chi connectivity index (χ2v) is 5.09. The SMILES string of the molecule is Cc1sc2nc(CC(F)(F)F)nc(NN)c2c1C. The average molecular weight is 276 g/mol. The van der Waals surface area contributed by atoms with Gasteiger partial charge in [-0.05, 0) is 19.4 Å². The van der Waals surface area contributed by atoms with Crippen LogP contribution in [0.4, 0.5) is 19.0 Å².